The molecular weight excluding hydrogens is 505 g/mol. The maximum absolute atomic E-state index is 14.3. The van der Waals surface area contributed by atoms with Crippen LogP contribution in [0.1, 0.15) is 93.4 Å². The summed E-state index contributed by atoms with van der Waals surface area (Å²) in [6.07, 6.45) is 2.83. The molecule has 39 heavy (non-hydrogen) atoms. The molecule has 7 atom stereocenters. The van der Waals surface area contributed by atoms with E-state index in [1.807, 2.05) is 6.92 Å². The summed E-state index contributed by atoms with van der Waals surface area (Å²) in [6, 6.07) is 0. The van der Waals surface area contributed by atoms with Crippen LogP contribution in [0.15, 0.2) is 23.3 Å². The first-order valence-electron chi connectivity index (χ1n) is 14.4. The van der Waals surface area contributed by atoms with E-state index in [2.05, 4.69) is 27.7 Å². The zero-order valence-electron chi connectivity index (χ0n) is 24.6. The van der Waals surface area contributed by atoms with Gasteiger partial charge in [0.1, 0.15) is 0 Å². The molecule has 0 aromatic carbocycles. The van der Waals surface area contributed by atoms with E-state index in [1.54, 1.807) is 19.9 Å². The normalized spacial score (nSPS) is 44.6. The van der Waals surface area contributed by atoms with E-state index >= 15 is 0 Å². The van der Waals surface area contributed by atoms with Gasteiger partial charge in [-0.15, -0.1) is 0 Å². The molecule has 4 nitrogen and oxygen atoms in total. The second kappa shape index (κ2) is 8.09. The Morgan fingerprint density at radius 1 is 0.949 bits per heavy atom. The van der Waals surface area contributed by atoms with Gasteiger partial charge in [-0.2, -0.15) is 13.2 Å². The van der Waals surface area contributed by atoms with Gasteiger partial charge in [0.05, 0.1) is 18.1 Å². The highest BCUT2D eigenvalue weighted by Gasteiger charge is 2.71. The Labute approximate surface area is 230 Å². The number of esters is 1. The van der Waals surface area contributed by atoms with Gasteiger partial charge in [-0.25, -0.2) is 0 Å². The Balaban J connectivity index is 1.71. The van der Waals surface area contributed by atoms with Crippen LogP contribution in [0.5, 0.6) is 0 Å². The minimum Gasteiger partial charge on any atom is -0.469 e. The van der Waals surface area contributed by atoms with Crippen LogP contribution in [-0.4, -0.2) is 30.8 Å². The quantitative estimate of drug-likeness (QED) is 0.320. The lowest BCUT2D eigenvalue weighted by atomic mass is 9.34. The van der Waals surface area contributed by atoms with Crippen LogP contribution in [-0.2, 0) is 19.1 Å². The van der Waals surface area contributed by atoms with Crippen LogP contribution in [0.25, 0.3) is 0 Å². The van der Waals surface area contributed by atoms with Gasteiger partial charge < -0.3 is 4.74 Å². The van der Waals surface area contributed by atoms with E-state index in [4.69, 9.17) is 4.74 Å². The van der Waals surface area contributed by atoms with Crippen LogP contribution in [0.3, 0.4) is 0 Å². The third kappa shape index (κ3) is 3.52. The van der Waals surface area contributed by atoms with Gasteiger partial charge >= 0.3 is 12.1 Å². The van der Waals surface area contributed by atoms with Crippen molar-refractivity contribution < 1.29 is 32.3 Å². The molecule has 5 rings (SSSR count). The molecule has 2 unspecified atom stereocenters. The number of rotatable bonds is 1. The molecule has 3 saturated carbocycles. The summed E-state index contributed by atoms with van der Waals surface area (Å²) in [7, 11) is 1.42. The summed E-state index contributed by atoms with van der Waals surface area (Å²) in [4.78, 5) is 40.8. The van der Waals surface area contributed by atoms with Crippen molar-refractivity contribution in [2.45, 2.75) is 99.6 Å². The molecule has 0 aliphatic heterocycles. The van der Waals surface area contributed by atoms with Crippen LogP contribution in [0, 0.1) is 50.2 Å². The Hall–Kier alpha value is -1.92. The monoisotopic (exact) mass is 548 g/mol. The number of halogens is 3. The minimum absolute atomic E-state index is 0.0344. The summed E-state index contributed by atoms with van der Waals surface area (Å²) in [6.45, 7) is 13.7. The smallest absolute Gasteiger partial charge is 0.419 e. The largest absolute Gasteiger partial charge is 0.469 e. The number of hydrogen-bond donors (Lipinski definition) is 0. The molecule has 0 saturated heterocycles. The molecule has 0 heterocycles. The van der Waals surface area contributed by atoms with Crippen molar-refractivity contribution in [3.63, 3.8) is 0 Å². The highest BCUT2D eigenvalue weighted by atomic mass is 19.4. The number of ether oxygens (including phenoxy) is 1. The highest BCUT2D eigenvalue weighted by Crippen LogP contribution is 2.74. The lowest BCUT2D eigenvalue weighted by Gasteiger charge is -2.68. The molecule has 0 aromatic rings. The molecule has 7 heteroatoms. The first-order chi connectivity index (χ1) is 17.7. The number of ketones is 2. The van der Waals surface area contributed by atoms with E-state index in [-0.39, 0.29) is 29.0 Å². The van der Waals surface area contributed by atoms with Crippen LogP contribution >= 0.6 is 0 Å². The van der Waals surface area contributed by atoms with Crippen molar-refractivity contribution in [2.24, 2.45) is 50.2 Å². The minimum atomic E-state index is -4.76. The maximum Gasteiger partial charge on any atom is 0.419 e. The number of allylic oxidation sites excluding steroid dienone is 4. The number of carbonyl (C=O) groups excluding carboxylic acids is 3. The summed E-state index contributed by atoms with van der Waals surface area (Å²) >= 11 is 0. The van der Waals surface area contributed by atoms with Crippen molar-refractivity contribution in [1.82, 2.24) is 0 Å². The van der Waals surface area contributed by atoms with Crippen molar-refractivity contribution in [1.29, 1.82) is 0 Å². The fourth-order valence-electron chi connectivity index (χ4n) is 10.3. The molecular formula is C32H43F3O4. The van der Waals surface area contributed by atoms with Crippen LogP contribution in [0.4, 0.5) is 13.2 Å². The molecule has 0 spiro atoms. The Morgan fingerprint density at radius 3 is 2.15 bits per heavy atom. The van der Waals surface area contributed by atoms with Gasteiger partial charge in [0, 0.05) is 16.7 Å². The van der Waals surface area contributed by atoms with Crippen molar-refractivity contribution >= 4 is 17.5 Å². The number of carbonyl (C=O) groups is 3. The third-order valence-corrected chi connectivity index (χ3v) is 12.6. The molecule has 0 bridgehead atoms. The molecule has 5 aliphatic rings. The Morgan fingerprint density at radius 2 is 1.56 bits per heavy atom. The molecule has 0 N–H and O–H groups in total. The van der Waals surface area contributed by atoms with Crippen molar-refractivity contribution in [3.8, 4) is 0 Å². The molecule has 5 aliphatic carbocycles. The SMILES string of the molecule is COC(=O)[C@]12CCC(C)(C)CC1[C@@H]1C(=O)C=C3[C@@]4(C)C=C(C(F)(F)F)C(=O)C(C)(C)C4CC[C@@]3(C)[C@]1(C)CC2. The predicted octanol–water partition coefficient (Wildman–Crippen LogP) is 7.42. The van der Waals surface area contributed by atoms with Gasteiger partial charge in [0.25, 0.3) is 0 Å². The summed E-state index contributed by atoms with van der Waals surface area (Å²) < 4.78 is 47.9. The number of hydrogen-bond acceptors (Lipinski definition) is 4. The fraction of sp³-hybridized carbons (Fsp3) is 0.781. The van der Waals surface area contributed by atoms with Crippen LogP contribution in [0.2, 0.25) is 0 Å². The second-order valence-corrected chi connectivity index (χ2v) is 15.3. The standard InChI is InChI=1S/C32H43F3O4/c1-26(2)11-13-31(25(38)39-8)14-12-30(7)23(18(31)16-26)20(36)15-22-28(5)17-19(32(33,34)35)24(37)27(3,4)21(28)9-10-29(22,30)6/h15,17-18,21,23H,9-14,16H2,1-8H3/t18?,21?,23-,28+,29-,30-,31+/m1/s1. The van der Waals surface area contributed by atoms with E-state index in [9.17, 15) is 27.6 Å². The lowest BCUT2D eigenvalue weighted by Crippen LogP contribution is -2.66. The predicted molar refractivity (Wildman–Crippen MR) is 141 cm³/mol. The summed E-state index contributed by atoms with van der Waals surface area (Å²) in [5, 5.41) is 0. The average molecular weight is 549 g/mol. The number of fused-ring (bicyclic) bond motifs is 7. The molecule has 3 fully saturated rings. The van der Waals surface area contributed by atoms with Crippen molar-refractivity contribution in [3.05, 3.63) is 23.3 Å². The van der Waals surface area contributed by atoms with E-state index in [1.165, 1.54) is 7.11 Å². The Bertz CT molecular complexity index is 1210. The van der Waals surface area contributed by atoms with Gasteiger partial charge in [-0.3, -0.25) is 14.4 Å². The lowest BCUT2D eigenvalue weighted by molar-refractivity contribution is -0.191. The van der Waals surface area contributed by atoms with Gasteiger partial charge in [-0.1, -0.05) is 60.1 Å². The molecule has 216 valence electrons. The van der Waals surface area contributed by atoms with E-state index in [0.29, 0.717) is 32.1 Å². The zero-order valence-corrected chi connectivity index (χ0v) is 24.6. The van der Waals surface area contributed by atoms with E-state index in [0.717, 1.165) is 24.5 Å². The third-order valence-electron chi connectivity index (χ3n) is 12.6. The van der Waals surface area contributed by atoms with Gasteiger partial charge in [-0.05, 0) is 79.1 Å². The number of methoxy groups -OCH3 is 1. The summed E-state index contributed by atoms with van der Waals surface area (Å²) in [5.74, 6) is -2.13. The highest BCUT2D eigenvalue weighted by molar-refractivity contribution is 6.03. The van der Waals surface area contributed by atoms with E-state index < -0.39 is 50.5 Å². The Kier molecular flexibility index (Phi) is 5.93. The van der Waals surface area contributed by atoms with Crippen LogP contribution < -0.4 is 0 Å². The maximum atomic E-state index is 14.3. The van der Waals surface area contributed by atoms with Gasteiger partial charge in [0.2, 0.25) is 0 Å². The number of Topliss-reactive ketones (excluding diaryl/α,β-unsaturated/α-hetero) is 1. The topological polar surface area (TPSA) is 60.4 Å². The first kappa shape index (κ1) is 28.6. The fourth-order valence-corrected chi connectivity index (χ4v) is 10.3. The zero-order chi connectivity index (χ0) is 29.2. The second-order valence-electron chi connectivity index (χ2n) is 15.3. The first-order valence-corrected chi connectivity index (χ1v) is 14.4. The average Bonchev–Trinajstić information content (AvgIpc) is 2.81. The number of alkyl halides is 3. The van der Waals surface area contributed by atoms with Gasteiger partial charge in [0.15, 0.2) is 11.6 Å². The molecule has 0 radical (unpaired) electrons. The van der Waals surface area contributed by atoms with Crippen molar-refractivity contribution in [2.75, 3.05) is 7.11 Å². The molecule has 0 aromatic heterocycles. The molecule has 0 amide bonds. The summed E-state index contributed by atoms with van der Waals surface area (Å²) in [5.41, 5.74) is -4.49.